The number of aliphatic carboxylic acids is 1. The molecular weight excluding hydrogens is 668 g/mol. The van der Waals surface area contributed by atoms with E-state index >= 15 is 0 Å². The summed E-state index contributed by atoms with van der Waals surface area (Å²) < 4.78 is 0. The lowest BCUT2D eigenvalue weighted by atomic mass is 9.76. The first-order chi connectivity index (χ1) is 24.1. The maximum Gasteiger partial charge on any atom is 0.326 e. The quantitative estimate of drug-likeness (QED) is 0.111. The zero-order valence-electron chi connectivity index (χ0n) is 32.0. The van der Waals surface area contributed by atoms with Crippen LogP contribution in [-0.4, -0.2) is 108 Å². The number of benzene rings is 1. The Morgan fingerprint density at radius 3 is 2.00 bits per heavy atom. The number of carbonyl (C=O) groups is 7. The van der Waals surface area contributed by atoms with Gasteiger partial charge in [0.05, 0.1) is 12.1 Å². The molecule has 1 aromatic carbocycles. The van der Waals surface area contributed by atoms with Gasteiger partial charge < -0.3 is 31.3 Å². The standard InChI is InChI=1S/C38H56N6O8/c1-23(2)27(22-24(3)33(48)41-26(36(51)52)16-17-28(45)40-20-21-44-29(46)18-19-30(44)47)43(10)35(50)32(37(4,5)6)42-34(49)31(39-9)38(7,8)25-14-12-11-13-15-25/h11-15,18-19,22-23,26-27,31-32,39H,16-17,20-21H2,1-10H3,(H,40,45)(H,41,48)(H,42,49)(H,51,52)/b24-22+/t26-,27-,31-,32-/m1/s1. The average Bonchev–Trinajstić information content (AvgIpc) is 3.39. The van der Waals surface area contributed by atoms with Crippen molar-refractivity contribution in [3.8, 4) is 0 Å². The van der Waals surface area contributed by atoms with Crippen LogP contribution in [0.25, 0.3) is 0 Å². The summed E-state index contributed by atoms with van der Waals surface area (Å²) >= 11 is 0. The minimum Gasteiger partial charge on any atom is -0.480 e. The zero-order chi connectivity index (χ0) is 39.6. The number of nitrogens with zero attached hydrogens (tertiary/aromatic N) is 2. The Bertz CT molecular complexity index is 1530. The molecule has 6 amide bonds. The van der Waals surface area contributed by atoms with Crippen LogP contribution < -0.4 is 21.3 Å². The molecule has 1 aliphatic rings. The molecule has 0 spiro atoms. The molecule has 2 rings (SSSR count). The predicted octanol–water partition coefficient (Wildman–Crippen LogP) is 1.90. The highest BCUT2D eigenvalue weighted by Gasteiger charge is 2.41. The Morgan fingerprint density at radius 2 is 1.50 bits per heavy atom. The second kappa shape index (κ2) is 18.6. The van der Waals surface area contributed by atoms with Crippen LogP contribution in [0.4, 0.5) is 0 Å². The average molecular weight is 725 g/mol. The molecule has 1 aliphatic heterocycles. The smallest absolute Gasteiger partial charge is 0.326 e. The van der Waals surface area contributed by atoms with Crippen molar-refractivity contribution in [2.75, 3.05) is 27.2 Å². The molecular formula is C38H56N6O8. The summed E-state index contributed by atoms with van der Waals surface area (Å²) in [6.45, 7) is 14.7. The van der Waals surface area contributed by atoms with Gasteiger partial charge in [0.2, 0.25) is 23.6 Å². The lowest BCUT2D eigenvalue weighted by molar-refractivity contribution is -0.142. The minimum absolute atomic E-state index is 0.00569. The Kier molecular flexibility index (Phi) is 15.5. The van der Waals surface area contributed by atoms with Gasteiger partial charge in [-0.3, -0.25) is 33.7 Å². The largest absolute Gasteiger partial charge is 0.480 e. The predicted molar refractivity (Wildman–Crippen MR) is 197 cm³/mol. The van der Waals surface area contributed by atoms with E-state index in [4.69, 9.17) is 0 Å². The van der Waals surface area contributed by atoms with Crippen molar-refractivity contribution < 1.29 is 38.7 Å². The number of amides is 6. The van der Waals surface area contributed by atoms with E-state index in [-0.39, 0.29) is 49.2 Å². The maximum atomic E-state index is 14.2. The first-order valence-electron chi connectivity index (χ1n) is 17.5. The summed E-state index contributed by atoms with van der Waals surface area (Å²) in [5.74, 6) is -4.35. The Labute approximate surface area is 306 Å². The molecule has 0 aromatic heterocycles. The lowest BCUT2D eigenvalue weighted by Gasteiger charge is -2.40. The van der Waals surface area contributed by atoms with Gasteiger partial charge in [0, 0.05) is 49.7 Å². The van der Waals surface area contributed by atoms with Crippen molar-refractivity contribution in [3.63, 3.8) is 0 Å². The van der Waals surface area contributed by atoms with Gasteiger partial charge >= 0.3 is 5.97 Å². The second-order valence-corrected chi connectivity index (χ2v) is 15.1. The van der Waals surface area contributed by atoms with Crippen LogP contribution in [0.15, 0.2) is 54.1 Å². The second-order valence-electron chi connectivity index (χ2n) is 15.1. The molecule has 14 nitrogen and oxygen atoms in total. The van der Waals surface area contributed by atoms with Gasteiger partial charge in [-0.1, -0.05) is 84.9 Å². The van der Waals surface area contributed by atoms with Crippen LogP contribution in [0.1, 0.15) is 73.8 Å². The van der Waals surface area contributed by atoms with E-state index in [9.17, 15) is 38.7 Å². The highest BCUT2D eigenvalue weighted by atomic mass is 16.4. The monoisotopic (exact) mass is 724 g/mol. The van der Waals surface area contributed by atoms with Crippen molar-refractivity contribution in [2.45, 2.75) is 97.8 Å². The number of carbonyl (C=O) groups excluding carboxylic acids is 6. The van der Waals surface area contributed by atoms with Gasteiger partial charge in [-0.25, -0.2) is 4.79 Å². The summed E-state index contributed by atoms with van der Waals surface area (Å²) in [5, 5.41) is 20.9. The molecule has 0 fully saturated rings. The fourth-order valence-electron chi connectivity index (χ4n) is 6.01. The summed E-state index contributed by atoms with van der Waals surface area (Å²) in [4.78, 5) is 91.3. The third kappa shape index (κ3) is 11.6. The first kappa shape index (κ1) is 43.3. The van der Waals surface area contributed by atoms with Crippen molar-refractivity contribution in [1.82, 2.24) is 31.1 Å². The van der Waals surface area contributed by atoms with E-state index in [0.717, 1.165) is 22.6 Å². The molecule has 286 valence electrons. The van der Waals surface area contributed by atoms with Crippen LogP contribution in [0.3, 0.4) is 0 Å². The summed E-state index contributed by atoms with van der Waals surface area (Å²) in [5.41, 5.74) is -0.179. The Balaban J connectivity index is 2.14. The molecule has 0 bridgehead atoms. The number of carboxylic acids is 1. The Morgan fingerprint density at radius 1 is 0.923 bits per heavy atom. The van der Waals surface area contributed by atoms with Crippen molar-refractivity contribution in [3.05, 3.63) is 59.7 Å². The van der Waals surface area contributed by atoms with E-state index in [0.29, 0.717) is 0 Å². The maximum absolute atomic E-state index is 14.2. The SMILES string of the molecule is CN[C@H](C(=O)N[C@H](C(=O)N(C)[C@H](/C=C(\C)C(=O)N[C@H](CCC(=O)NCCN1C(=O)C=CC1=O)C(=O)O)C(C)C)C(C)(C)C)C(C)(C)c1ccccc1. The molecule has 0 radical (unpaired) electrons. The van der Waals surface area contributed by atoms with Crippen molar-refractivity contribution in [1.29, 1.82) is 0 Å². The number of rotatable bonds is 18. The third-order valence-electron chi connectivity index (χ3n) is 9.27. The van der Waals surface area contributed by atoms with Gasteiger partial charge in [0.1, 0.15) is 12.1 Å². The van der Waals surface area contributed by atoms with Crippen LogP contribution in [0.5, 0.6) is 0 Å². The van der Waals surface area contributed by atoms with Crippen LogP contribution in [-0.2, 0) is 39.0 Å². The number of imide groups is 1. The van der Waals surface area contributed by atoms with E-state index in [1.54, 1.807) is 20.2 Å². The fourth-order valence-corrected chi connectivity index (χ4v) is 6.01. The molecule has 52 heavy (non-hydrogen) atoms. The Hall–Kier alpha value is -4.85. The van der Waals surface area contributed by atoms with Gasteiger partial charge in [0.25, 0.3) is 11.8 Å². The molecule has 1 aromatic rings. The highest BCUT2D eigenvalue weighted by Crippen LogP contribution is 2.29. The number of carboxylic acid groups (broad SMARTS) is 1. The van der Waals surface area contributed by atoms with Gasteiger partial charge in [0.15, 0.2) is 0 Å². The van der Waals surface area contributed by atoms with Crippen LogP contribution >= 0.6 is 0 Å². The third-order valence-corrected chi connectivity index (χ3v) is 9.27. The van der Waals surface area contributed by atoms with Crippen LogP contribution in [0.2, 0.25) is 0 Å². The number of likely N-dealkylation sites (N-methyl/N-ethyl adjacent to an activating group) is 2. The molecule has 0 aliphatic carbocycles. The van der Waals surface area contributed by atoms with Crippen LogP contribution in [0, 0.1) is 11.3 Å². The molecule has 4 atom stereocenters. The number of hydrogen-bond acceptors (Lipinski definition) is 8. The number of nitrogens with one attached hydrogen (secondary N) is 4. The number of hydrogen-bond donors (Lipinski definition) is 5. The molecule has 0 unspecified atom stereocenters. The minimum atomic E-state index is -1.38. The zero-order valence-corrected chi connectivity index (χ0v) is 32.0. The van der Waals surface area contributed by atoms with Crippen molar-refractivity contribution in [2.24, 2.45) is 11.3 Å². The first-order valence-corrected chi connectivity index (χ1v) is 17.5. The van der Waals surface area contributed by atoms with Gasteiger partial charge in [-0.15, -0.1) is 0 Å². The molecule has 1 heterocycles. The van der Waals surface area contributed by atoms with E-state index in [1.165, 1.54) is 11.8 Å². The molecule has 0 saturated heterocycles. The topological polar surface area (TPSA) is 194 Å². The highest BCUT2D eigenvalue weighted by molar-refractivity contribution is 6.12. The van der Waals surface area contributed by atoms with E-state index < -0.39 is 64.6 Å². The van der Waals surface area contributed by atoms with E-state index in [1.807, 2.05) is 78.8 Å². The molecule has 14 heteroatoms. The summed E-state index contributed by atoms with van der Waals surface area (Å²) in [6.07, 6.45) is 3.42. The van der Waals surface area contributed by atoms with Gasteiger partial charge in [-0.05, 0) is 37.3 Å². The van der Waals surface area contributed by atoms with E-state index in [2.05, 4.69) is 21.3 Å². The molecule has 5 N–H and O–H groups in total. The van der Waals surface area contributed by atoms with Gasteiger partial charge in [-0.2, -0.15) is 0 Å². The summed E-state index contributed by atoms with van der Waals surface area (Å²) in [6, 6.07) is 6.07. The van der Waals surface area contributed by atoms with Crippen molar-refractivity contribution >= 4 is 41.4 Å². The fraction of sp³-hybridized carbons (Fsp3) is 0.553. The normalized spacial score (nSPS) is 15.9. The summed E-state index contributed by atoms with van der Waals surface area (Å²) in [7, 11) is 3.31. The lowest BCUT2D eigenvalue weighted by Crippen LogP contribution is -2.61. The molecule has 0 saturated carbocycles.